The zero-order valence-electron chi connectivity index (χ0n) is 27.6. The lowest BCUT2D eigenvalue weighted by molar-refractivity contribution is 0.0540. The highest BCUT2D eigenvalue weighted by atomic mass is 16.2. The predicted octanol–water partition coefficient (Wildman–Crippen LogP) is 7.61. The van der Waals surface area contributed by atoms with E-state index in [1.807, 2.05) is 41.4 Å². The first kappa shape index (κ1) is 33.6. The van der Waals surface area contributed by atoms with Crippen LogP contribution in [0.25, 0.3) is 0 Å². The lowest BCUT2D eigenvalue weighted by Crippen LogP contribution is -2.47. The third kappa shape index (κ3) is 10.4. The van der Waals surface area contributed by atoms with Crippen LogP contribution < -0.4 is 5.32 Å². The number of hydrogen-bond donors (Lipinski definition) is 1. The normalized spacial score (nSPS) is 17.5. The van der Waals surface area contributed by atoms with Gasteiger partial charge in [-0.1, -0.05) is 75.6 Å². The van der Waals surface area contributed by atoms with E-state index >= 15 is 0 Å². The van der Waals surface area contributed by atoms with Crippen LogP contribution in [0.1, 0.15) is 111 Å². The van der Waals surface area contributed by atoms with Gasteiger partial charge in [-0.25, -0.2) is 0 Å². The first-order valence-electron chi connectivity index (χ1n) is 17.0. The van der Waals surface area contributed by atoms with Gasteiger partial charge in [0.25, 0.3) is 11.8 Å². The quantitative estimate of drug-likeness (QED) is 0.214. The van der Waals surface area contributed by atoms with Crippen molar-refractivity contribution in [1.82, 2.24) is 20.1 Å². The number of piperidine rings is 1. The molecule has 0 radical (unpaired) electrons. The van der Waals surface area contributed by atoms with Crippen molar-refractivity contribution in [2.45, 2.75) is 98.1 Å². The van der Waals surface area contributed by atoms with E-state index in [1.54, 1.807) is 0 Å². The zero-order valence-corrected chi connectivity index (χ0v) is 27.6. The number of benzene rings is 1. The van der Waals surface area contributed by atoms with E-state index in [-0.39, 0.29) is 17.9 Å². The first-order valence-corrected chi connectivity index (χ1v) is 17.0. The number of hydrogen-bond acceptors (Lipinski definition) is 4. The number of pyridine rings is 1. The Morgan fingerprint density at radius 1 is 1.05 bits per heavy atom. The fourth-order valence-electron chi connectivity index (χ4n) is 6.10. The maximum Gasteiger partial charge on any atom is 0.272 e. The zero-order chi connectivity index (χ0) is 31.3. The smallest absolute Gasteiger partial charge is 0.272 e. The molecular weight excluding hydrogens is 544 g/mol. The van der Waals surface area contributed by atoms with Crippen LogP contribution in [0.4, 0.5) is 0 Å². The van der Waals surface area contributed by atoms with Gasteiger partial charge in [0, 0.05) is 44.0 Å². The van der Waals surface area contributed by atoms with Crippen molar-refractivity contribution in [3.8, 4) is 0 Å². The van der Waals surface area contributed by atoms with Crippen LogP contribution >= 0.6 is 0 Å². The van der Waals surface area contributed by atoms with Gasteiger partial charge in [-0.2, -0.15) is 0 Å². The Labute approximate surface area is 266 Å². The molecule has 1 atom stereocenters. The summed E-state index contributed by atoms with van der Waals surface area (Å²) in [6, 6.07) is 11.9. The number of amides is 2. The Morgan fingerprint density at radius 2 is 1.80 bits per heavy atom. The van der Waals surface area contributed by atoms with Crippen molar-refractivity contribution in [3.05, 3.63) is 88.8 Å². The van der Waals surface area contributed by atoms with E-state index in [2.05, 4.69) is 67.2 Å². The second-order valence-electron chi connectivity index (χ2n) is 13.2. The number of nitrogens with one attached hydrogen (secondary N) is 1. The molecule has 1 saturated heterocycles. The summed E-state index contributed by atoms with van der Waals surface area (Å²) in [6.07, 6.45) is 18.2. The predicted molar refractivity (Wildman–Crippen MR) is 181 cm³/mol. The molecule has 0 bridgehead atoms. The van der Waals surface area contributed by atoms with Gasteiger partial charge in [0.15, 0.2) is 0 Å². The van der Waals surface area contributed by atoms with E-state index < -0.39 is 0 Å². The van der Waals surface area contributed by atoms with Crippen molar-refractivity contribution < 1.29 is 9.59 Å². The number of rotatable bonds is 15. The molecule has 1 N–H and O–H groups in total. The van der Waals surface area contributed by atoms with Gasteiger partial charge in [0.1, 0.15) is 5.69 Å². The van der Waals surface area contributed by atoms with Crippen LogP contribution in [0.15, 0.2) is 66.4 Å². The van der Waals surface area contributed by atoms with Crippen LogP contribution in [0.5, 0.6) is 0 Å². The molecule has 2 aromatic rings. The van der Waals surface area contributed by atoms with E-state index in [1.165, 1.54) is 30.4 Å². The van der Waals surface area contributed by atoms with Crippen molar-refractivity contribution in [3.63, 3.8) is 0 Å². The molecule has 2 aliphatic rings. The second kappa shape index (κ2) is 17.3. The third-order valence-electron chi connectivity index (χ3n) is 9.14. The summed E-state index contributed by atoms with van der Waals surface area (Å²) in [5.41, 5.74) is 4.70. The number of likely N-dealkylation sites (tertiary alicyclic amines) is 1. The Balaban J connectivity index is 1.38. The van der Waals surface area contributed by atoms with Gasteiger partial charge < -0.3 is 15.1 Å². The molecule has 1 fully saturated rings. The van der Waals surface area contributed by atoms with Crippen LogP contribution in [-0.2, 0) is 13.0 Å². The van der Waals surface area contributed by atoms with Gasteiger partial charge >= 0.3 is 0 Å². The minimum absolute atomic E-state index is 0.00522. The number of carbonyl (C=O) groups is 2. The summed E-state index contributed by atoms with van der Waals surface area (Å²) in [6.45, 7) is 13.2. The molecule has 0 spiro atoms. The monoisotopic (exact) mass is 598 g/mol. The Bertz CT molecular complexity index is 1240. The van der Waals surface area contributed by atoms with E-state index in [0.29, 0.717) is 36.2 Å². The summed E-state index contributed by atoms with van der Waals surface area (Å²) in [7, 11) is 0. The fourth-order valence-corrected chi connectivity index (χ4v) is 6.10. The van der Waals surface area contributed by atoms with Crippen LogP contribution in [0.2, 0.25) is 0 Å². The van der Waals surface area contributed by atoms with Gasteiger partial charge in [-0.15, -0.1) is 0 Å². The van der Waals surface area contributed by atoms with E-state index in [4.69, 9.17) is 0 Å². The summed E-state index contributed by atoms with van der Waals surface area (Å²) < 4.78 is 0. The maximum absolute atomic E-state index is 13.9. The highest BCUT2D eigenvalue weighted by molar-refractivity contribution is 5.94. The molecule has 2 heterocycles. The maximum atomic E-state index is 13.9. The molecule has 6 nitrogen and oxygen atoms in total. The average molecular weight is 599 g/mol. The first-order chi connectivity index (χ1) is 21.3. The van der Waals surface area contributed by atoms with Crippen LogP contribution in [0.3, 0.4) is 0 Å². The molecule has 1 aromatic heterocycles. The summed E-state index contributed by atoms with van der Waals surface area (Å²) >= 11 is 0. The Morgan fingerprint density at radius 3 is 2.43 bits per heavy atom. The molecule has 238 valence electrons. The van der Waals surface area contributed by atoms with Crippen molar-refractivity contribution in [2.75, 3.05) is 26.2 Å². The Hall–Kier alpha value is -3.25. The lowest BCUT2D eigenvalue weighted by Gasteiger charge is -2.38. The molecule has 2 amide bonds. The van der Waals surface area contributed by atoms with Crippen molar-refractivity contribution >= 4 is 11.8 Å². The SMILES string of the molecule is CCCCCc1ccc(C(=O)N(Cc2ccc(C(=O)NCCC3C=CC(C)=CC3)cc2)C2CCN(CCC(C)C)CC2)nc1. The molecule has 1 aliphatic carbocycles. The van der Waals surface area contributed by atoms with Gasteiger partial charge in [-0.05, 0) is 99.6 Å². The van der Waals surface area contributed by atoms with Crippen LogP contribution in [0, 0.1) is 11.8 Å². The second-order valence-corrected chi connectivity index (χ2v) is 13.2. The lowest BCUT2D eigenvalue weighted by atomic mass is 9.94. The molecule has 1 unspecified atom stereocenters. The van der Waals surface area contributed by atoms with Crippen molar-refractivity contribution in [2.24, 2.45) is 11.8 Å². The topological polar surface area (TPSA) is 65.5 Å². The minimum Gasteiger partial charge on any atom is -0.352 e. The molecule has 1 aliphatic heterocycles. The minimum atomic E-state index is -0.0482. The van der Waals surface area contributed by atoms with E-state index in [0.717, 1.165) is 63.7 Å². The van der Waals surface area contributed by atoms with E-state index in [9.17, 15) is 9.59 Å². The fraction of sp³-hybridized carbons (Fsp3) is 0.553. The molecule has 6 heteroatoms. The van der Waals surface area contributed by atoms with Gasteiger partial charge in [0.05, 0.1) is 0 Å². The van der Waals surface area contributed by atoms with Gasteiger partial charge in [-0.3, -0.25) is 14.6 Å². The van der Waals surface area contributed by atoms with Crippen molar-refractivity contribution in [1.29, 1.82) is 0 Å². The molecule has 0 saturated carbocycles. The summed E-state index contributed by atoms with van der Waals surface area (Å²) in [5.74, 6) is 1.13. The largest absolute Gasteiger partial charge is 0.352 e. The average Bonchev–Trinajstić information content (AvgIpc) is 3.04. The number of nitrogens with zero attached hydrogens (tertiary/aromatic N) is 3. The van der Waals surface area contributed by atoms with Gasteiger partial charge in [0.2, 0.25) is 0 Å². The van der Waals surface area contributed by atoms with Crippen LogP contribution in [-0.4, -0.2) is 58.8 Å². The standard InChI is InChI=1S/C38H54N4O2/c1-5-6-7-8-32-15-18-36(40-27-32)38(44)42(35-21-25-41(26-22-35)24-20-29(2)3)28-33-13-16-34(17-14-33)37(43)39-23-19-31-11-9-30(4)10-12-31/h9-11,13-18,27,29,31,35H,5-8,12,19-26,28H2,1-4H3,(H,39,43). The number of carbonyl (C=O) groups excluding carboxylic acids is 2. The summed E-state index contributed by atoms with van der Waals surface area (Å²) in [4.78, 5) is 36.0. The number of aromatic nitrogens is 1. The molecular formula is C38H54N4O2. The highest BCUT2D eigenvalue weighted by Crippen LogP contribution is 2.23. The number of allylic oxidation sites excluding steroid dienone is 4. The molecule has 1 aromatic carbocycles. The molecule has 4 rings (SSSR count). The highest BCUT2D eigenvalue weighted by Gasteiger charge is 2.29. The summed E-state index contributed by atoms with van der Waals surface area (Å²) in [5, 5.41) is 3.08. The third-order valence-corrected chi connectivity index (χ3v) is 9.14. The molecule has 44 heavy (non-hydrogen) atoms. The Kier molecular flexibility index (Phi) is 13.2. The number of unbranched alkanes of at least 4 members (excludes halogenated alkanes) is 2. The number of aryl methyl sites for hydroxylation is 1.